The van der Waals surface area contributed by atoms with E-state index in [2.05, 4.69) is 19.2 Å². The Morgan fingerprint density at radius 3 is 1.83 bits per heavy atom. The van der Waals surface area contributed by atoms with E-state index >= 15 is 0 Å². The molecule has 1 fully saturated rings. The van der Waals surface area contributed by atoms with Gasteiger partial charge in [0, 0.05) is 13.1 Å². The van der Waals surface area contributed by atoms with Crippen LogP contribution in [-0.2, 0) is 15.1 Å². The molecule has 0 unspecified atom stereocenters. The van der Waals surface area contributed by atoms with E-state index < -0.39 is 10.4 Å². The number of rotatable bonds is 2. The van der Waals surface area contributed by atoms with Crippen LogP contribution < -0.4 is 11.1 Å². The maximum atomic E-state index is 8.74. The molecule has 112 valence electrons. The van der Waals surface area contributed by atoms with Crippen LogP contribution in [0.4, 0.5) is 0 Å². The summed E-state index contributed by atoms with van der Waals surface area (Å²) in [5, 5.41) is 3.35. The van der Waals surface area contributed by atoms with E-state index in [9.17, 15) is 0 Å². The minimum absolute atomic E-state index is 0.151. The highest BCUT2D eigenvalue weighted by Gasteiger charge is 2.28. The van der Waals surface area contributed by atoms with Gasteiger partial charge in [-0.1, -0.05) is 20.8 Å². The van der Waals surface area contributed by atoms with Crippen LogP contribution in [0.15, 0.2) is 0 Å². The third-order valence-corrected chi connectivity index (χ3v) is 2.42. The average molecular weight is 286 g/mol. The van der Waals surface area contributed by atoms with Crippen LogP contribution in [0.5, 0.6) is 0 Å². The molecule has 0 spiro atoms. The summed E-state index contributed by atoms with van der Waals surface area (Å²) < 4.78 is 37.3. The van der Waals surface area contributed by atoms with Crippen LogP contribution in [0, 0.1) is 0 Å². The molecule has 1 rings (SSSR count). The molecule has 0 radical (unpaired) electrons. The molecule has 0 aliphatic carbocycles. The zero-order valence-electron chi connectivity index (χ0n) is 11.3. The van der Waals surface area contributed by atoms with Gasteiger partial charge in [-0.05, 0) is 19.4 Å². The van der Waals surface area contributed by atoms with E-state index in [-0.39, 0.29) is 5.60 Å². The summed E-state index contributed by atoms with van der Waals surface area (Å²) in [6.45, 7) is 9.95. The van der Waals surface area contributed by atoms with Crippen LogP contribution >= 0.6 is 0 Å². The largest absolute Gasteiger partial charge is 0.394 e. The van der Waals surface area contributed by atoms with Gasteiger partial charge in [0.15, 0.2) is 0 Å². The van der Waals surface area contributed by atoms with Gasteiger partial charge in [0.25, 0.3) is 0 Å². The molecule has 7 nitrogen and oxygen atoms in total. The zero-order valence-corrected chi connectivity index (χ0v) is 12.2. The SMILES string of the molecule is CCC1(CC)CNCCO1.CCN.O=S(=O)(O)O. The van der Waals surface area contributed by atoms with Crippen molar-refractivity contribution in [2.75, 3.05) is 26.2 Å². The summed E-state index contributed by atoms with van der Waals surface area (Å²) >= 11 is 0. The van der Waals surface area contributed by atoms with E-state index in [0.29, 0.717) is 0 Å². The highest BCUT2D eigenvalue weighted by atomic mass is 32.3. The predicted octanol–water partition coefficient (Wildman–Crippen LogP) is 0.477. The molecule has 0 aromatic carbocycles. The Kier molecular flexibility index (Phi) is 11.9. The lowest BCUT2D eigenvalue weighted by atomic mass is 9.96. The van der Waals surface area contributed by atoms with Gasteiger partial charge >= 0.3 is 10.4 Å². The third kappa shape index (κ3) is 13.8. The number of nitrogens with one attached hydrogen (secondary N) is 1. The van der Waals surface area contributed by atoms with E-state index in [0.717, 1.165) is 39.1 Å². The molecule has 18 heavy (non-hydrogen) atoms. The number of hydrogen-bond donors (Lipinski definition) is 4. The fraction of sp³-hybridized carbons (Fsp3) is 1.00. The molecule has 0 aromatic rings. The molecule has 0 bridgehead atoms. The summed E-state index contributed by atoms with van der Waals surface area (Å²) in [7, 11) is -4.67. The summed E-state index contributed by atoms with van der Waals surface area (Å²) in [4.78, 5) is 0. The predicted molar refractivity (Wildman–Crippen MR) is 71.0 cm³/mol. The lowest BCUT2D eigenvalue weighted by Crippen LogP contribution is -2.48. The van der Waals surface area contributed by atoms with Crippen LogP contribution in [0.2, 0.25) is 0 Å². The Morgan fingerprint density at radius 2 is 1.67 bits per heavy atom. The Bertz CT molecular complexity index is 262. The van der Waals surface area contributed by atoms with Crippen molar-refractivity contribution in [2.45, 2.75) is 39.2 Å². The van der Waals surface area contributed by atoms with Crippen LogP contribution in [0.25, 0.3) is 0 Å². The van der Waals surface area contributed by atoms with Crippen molar-refractivity contribution in [2.24, 2.45) is 5.73 Å². The molecule has 1 heterocycles. The number of morpholine rings is 1. The van der Waals surface area contributed by atoms with Gasteiger partial charge in [0.05, 0.1) is 12.2 Å². The maximum absolute atomic E-state index is 8.74. The Morgan fingerprint density at radius 1 is 1.28 bits per heavy atom. The molecule has 8 heteroatoms. The fourth-order valence-electron chi connectivity index (χ4n) is 1.41. The minimum atomic E-state index is -4.67. The van der Waals surface area contributed by atoms with E-state index in [1.54, 1.807) is 0 Å². The Hall–Kier alpha value is -0.250. The van der Waals surface area contributed by atoms with E-state index in [1.165, 1.54) is 0 Å². The van der Waals surface area contributed by atoms with E-state index in [4.69, 9.17) is 28.0 Å². The van der Waals surface area contributed by atoms with Crippen molar-refractivity contribution < 1.29 is 22.3 Å². The van der Waals surface area contributed by atoms with E-state index in [1.807, 2.05) is 6.92 Å². The zero-order chi connectivity index (χ0) is 14.7. The second kappa shape index (κ2) is 10.7. The third-order valence-electron chi connectivity index (χ3n) is 2.42. The van der Waals surface area contributed by atoms with Gasteiger partial charge in [-0.2, -0.15) is 8.42 Å². The van der Waals surface area contributed by atoms with Crippen LogP contribution in [0.1, 0.15) is 33.6 Å². The number of ether oxygens (including phenoxy) is 1. The smallest absolute Gasteiger partial charge is 0.372 e. The average Bonchev–Trinajstić information content (AvgIpc) is 2.29. The topological polar surface area (TPSA) is 122 Å². The van der Waals surface area contributed by atoms with Gasteiger partial charge in [-0.25, -0.2) is 0 Å². The maximum Gasteiger partial charge on any atom is 0.394 e. The fourth-order valence-corrected chi connectivity index (χ4v) is 1.41. The minimum Gasteiger partial charge on any atom is -0.372 e. The van der Waals surface area contributed by atoms with Gasteiger partial charge in [-0.3, -0.25) is 9.11 Å². The molecule has 0 amide bonds. The first-order chi connectivity index (χ1) is 8.24. The molecule has 1 aliphatic rings. The van der Waals surface area contributed by atoms with Gasteiger partial charge in [0.2, 0.25) is 0 Å². The quantitative estimate of drug-likeness (QED) is 0.544. The van der Waals surface area contributed by atoms with Crippen molar-refractivity contribution in [3.63, 3.8) is 0 Å². The van der Waals surface area contributed by atoms with Crippen LogP contribution in [-0.4, -0.2) is 49.4 Å². The molecular weight excluding hydrogens is 260 g/mol. The standard InChI is InChI=1S/C8H17NO.C2H7N.H2O4S/c1-3-8(4-2)7-9-5-6-10-8;1-2-3;1-5(2,3)4/h9H,3-7H2,1-2H3;2-3H2,1H3;(H2,1,2,3,4). The first kappa shape index (κ1) is 20.1. The van der Waals surface area contributed by atoms with Crippen molar-refractivity contribution in [3.8, 4) is 0 Å². The molecule has 5 N–H and O–H groups in total. The monoisotopic (exact) mass is 286 g/mol. The van der Waals surface area contributed by atoms with Crippen molar-refractivity contribution in [3.05, 3.63) is 0 Å². The van der Waals surface area contributed by atoms with Gasteiger partial charge in [-0.15, -0.1) is 0 Å². The lowest BCUT2D eigenvalue weighted by Gasteiger charge is -2.36. The second-order valence-electron chi connectivity index (χ2n) is 3.77. The molecule has 1 aliphatic heterocycles. The number of nitrogens with two attached hydrogens (primary N) is 1. The molecule has 1 saturated heterocycles. The van der Waals surface area contributed by atoms with Crippen LogP contribution in [0.3, 0.4) is 0 Å². The summed E-state index contributed by atoms with van der Waals surface area (Å²) in [6.07, 6.45) is 2.24. The Labute approximate surface area is 110 Å². The molecular formula is C10H26N2O5S. The molecule has 0 atom stereocenters. The second-order valence-corrected chi connectivity index (χ2v) is 4.67. The number of hydrogen-bond acceptors (Lipinski definition) is 5. The highest BCUT2D eigenvalue weighted by Crippen LogP contribution is 2.20. The highest BCUT2D eigenvalue weighted by molar-refractivity contribution is 7.79. The van der Waals surface area contributed by atoms with Gasteiger partial charge < -0.3 is 15.8 Å². The van der Waals surface area contributed by atoms with Gasteiger partial charge in [0.1, 0.15) is 0 Å². The van der Waals surface area contributed by atoms with Crippen molar-refractivity contribution >= 4 is 10.4 Å². The first-order valence-electron chi connectivity index (χ1n) is 5.99. The molecule has 0 saturated carbocycles. The van der Waals surface area contributed by atoms with Crippen molar-refractivity contribution in [1.29, 1.82) is 0 Å². The summed E-state index contributed by atoms with van der Waals surface area (Å²) in [5.74, 6) is 0. The van der Waals surface area contributed by atoms with Crippen molar-refractivity contribution in [1.82, 2.24) is 5.32 Å². The Balaban J connectivity index is 0. The summed E-state index contributed by atoms with van der Waals surface area (Å²) in [6, 6.07) is 0. The normalized spacial score (nSPS) is 17.9. The summed E-state index contributed by atoms with van der Waals surface area (Å²) in [5.41, 5.74) is 5.00. The first-order valence-corrected chi connectivity index (χ1v) is 7.39. The molecule has 0 aromatic heterocycles. The lowest BCUT2D eigenvalue weighted by molar-refractivity contribution is -0.0704.